The first-order chi connectivity index (χ1) is 9.88. The molecule has 8 heteroatoms. The maximum atomic E-state index is 13.0. The highest BCUT2D eigenvalue weighted by atomic mass is 35.5. The molecule has 0 saturated carbocycles. The van der Waals surface area contributed by atoms with Gasteiger partial charge in [0.15, 0.2) is 11.6 Å². The lowest BCUT2D eigenvalue weighted by Crippen LogP contribution is -2.14. The standard InChI is InChI=1S/C13H7ClF2N2O3/c14-7-1-4-12(18(20)21)9(5-7)13(19)17-8-2-3-10(15)11(16)6-8/h1-6H,(H,17,19). The Balaban J connectivity index is 2.34. The number of hydrogen-bond donors (Lipinski definition) is 1. The summed E-state index contributed by atoms with van der Waals surface area (Å²) in [4.78, 5) is 22.1. The summed E-state index contributed by atoms with van der Waals surface area (Å²) >= 11 is 5.70. The van der Waals surface area contributed by atoms with E-state index in [1.165, 1.54) is 6.07 Å². The SMILES string of the molecule is O=C(Nc1ccc(F)c(F)c1)c1cc(Cl)ccc1[N+](=O)[O-]. The van der Waals surface area contributed by atoms with Gasteiger partial charge in [-0.15, -0.1) is 0 Å². The number of benzene rings is 2. The molecular weight excluding hydrogens is 306 g/mol. The third kappa shape index (κ3) is 3.32. The van der Waals surface area contributed by atoms with Gasteiger partial charge in [-0.05, 0) is 24.3 Å². The second-order valence-electron chi connectivity index (χ2n) is 4.00. The van der Waals surface area contributed by atoms with Gasteiger partial charge in [-0.2, -0.15) is 0 Å². The molecule has 2 aromatic carbocycles. The Morgan fingerprint density at radius 3 is 2.48 bits per heavy atom. The second-order valence-corrected chi connectivity index (χ2v) is 4.44. The average molecular weight is 313 g/mol. The third-order valence-electron chi connectivity index (χ3n) is 2.58. The van der Waals surface area contributed by atoms with Crippen molar-refractivity contribution in [3.63, 3.8) is 0 Å². The van der Waals surface area contributed by atoms with E-state index in [-0.39, 0.29) is 16.3 Å². The number of nitrogens with one attached hydrogen (secondary N) is 1. The minimum atomic E-state index is -1.15. The van der Waals surface area contributed by atoms with Gasteiger partial charge in [0.1, 0.15) is 5.56 Å². The van der Waals surface area contributed by atoms with E-state index < -0.39 is 28.2 Å². The minimum absolute atomic E-state index is 0.0341. The topological polar surface area (TPSA) is 72.2 Å². The van der Waals surface area contributed by atoms with Gasteiger partial charge in [-0.3, -0.25) is 14.9 Å². The summed E-state index contributed by atoms with van der Waals surface area (Å²) in [5, 5.41) is 13.2. The van der Waals surface area contributed by atoms with Crippen LogP contribution >= 0.6 is 11.6 Å². The number of nitrogens with zero attached hydrogens (tertiary/aromatic N) is 1. The lowest BCUT2D eigenvalue weighted by atomic mass is 10.1. The van der Waals surface area contributed by atoms with E-state index in [1.54, 1.807) is 0 Å². The fraction of sp³-hybridized carbons (Fsp3) is 0. The highest BCUT2D eigenvalue weighted by molar-refractivity contribution is 6.31. The van der Waals surface area contributed by atoms with E-state index >= 15 is 0 Å². The van der Waals surface area contributed by atoms with E-state index in [2.05, 4.69) is 5.32 Å². The molecule has 0 atom stereocenters. The molecule has 0 saturated heterocycles. The third-order valence-corrected chi connectivity index (χ3v) is 2.81. The molecule has 0 unspecified atom stereocenters. The molecular formula is C13H7ClF2N2O3. The predicted molar refractivity (Wildman–Crippen MR) is 72.4 cm³/mol. The highest BCUT2D eigenvalue weighted by Crippen LogP contribution is 2.24. The lowest BCUT2D eigenvalue weighted by molar-refractivity contribution is -0.385. The van der Waals surface area contributed by atoms with Gasteiger partial charge in [-0.25, -0.2) is 8.78 Å². The average Bonchev–Trinajstić information content (AvgIpc) is 2.42. The van der Waals surface area contributed by atoms with Gasteiger partial charge in [0.25, 0.3) is 11.6 Å². The summed E-state index contributed by atoms with van der Waals surface area (Å²) in [6.45, 7) is 0. The van der Waals surface area contributed by atoms with Crippen molar-refractivity contribution in [2.75, 3.05) is 5.32 Å². The van der Waals surface area contributed by atoms with E-state index in [9.17, 15) is 23.7 Å². The zero-order valence-corrected chi connectivity index (χ0v) is 11.0. The summed E-state index contributed by atoms with van der Waals surface area (Å²) in [6, 6.07) is 6.21. The van der Waals surface area contributed by atoms with Crippen LogP contribution in [0, 0.1) is 21.7 Å². The Morgan fingerprint density at radius 2 is 1.86 bits per heavy atom. The van der Waals surface area contributed by atoms with Crippen LogP contribution in [0.4, 0.5) is 20.2 Å². The zero-order chi connectivity index (χ0) is 15.6. The summed E-state index contributed by atoms with van der Waals surface area (Å²) in [7, 11) is 0. The largest absolute Gasteiger partial charge is 0.322 e. The van der Waals surface area contributed by atoms with Gasteiger partial charge < -0.3 is 5.32 Å². The van der Waals surface area contributed by atoms with Gasteiger partial charge in [0.05, 0.1) is 4.92 Å². The Morgan fingerprint density at radius 1 is 1.14 bits per heavy atom. The van der Waals surface area contributed by atoms with Gasteiger partial charge >= 0.3 is 0 Å². The monoisotopic (exact) mass is 312 g/mol. The Bertz CT molecular complexity index is 737. The molecule has 0 bridgehead atoms. The molecule has 0 aliphatic heterocycles. The van der Waals surface area contributed by atoms with Crippen molar-refractivity contribution in [1.82, 2.24) is 0 Å². The molecule has 0 aromatic heterocycles. The molecule has 0 aliphatic rings. The van der Waals surface area contributed by atoms with Crippen molar-refractivity contribution in [2.24, 2.45) is 0 Å². The van der Waals surface area contributed by atoms with Crippen LogP contribution in [0.3, 0.4) is 0 Å². The molecule has 108 valence electrons. The number of amides is 1. The van der Waals surface area contributed by atoms with Crippen molar-refractivity contribution in [2.45, 2.75) is 0 Å². The van der Waals surface area contributed by atoms with Crippen LogP contribution in [0.15, 0.2) is 36.4 Å². The van der Waals surface area contributed by atoms with E-state index in [4.69, 9.17) is 11.6 Å². The number of nitro groups is 1. The van der Waals surface area contributed by atoms with Gasteiger partial charge in [-0.1, -0.05) is 11.6 Å². The van der Waals surface area contributed by atoms with Crippen LogP contribution < -0.4 is 5.32 Å². The van der Waals surface area contributed by atoms with Gasteiger partial charge in [0, 0.05) is 22.8 Å². The van der Waals surface area contributed by atoms with Crippen LogP contribution in [0.2, 0.25) is 5.02 Å². The molecule has 1 amide bonds. The predicted octanol–water partition coefficient (Wildman–Crippen LogP) is 3.78. The lowest BCUT2D eigenvalue weighted by Gasteiger charge is -2.06. The Kier molecular flexibility index (Phi) is 4.13. The van der Waals surface area contributed by atoms with Crippen molar-refractivity contribution in [1.29, 1.82) is 0 Å². The van der Waals surface area contributed by atoms with Gasteiger partial charge in [0.2, 0.25) is 0 Å². The first-order valence-electron chi connectivity index (χ1n) is 5.59. The fourth-order valence-corrected chi connectivity index (χ4v) is 1.79. The molecule has 5 nitrogen and oxygen atoms in total. The summed E-state index contributed by atoms with van der Waals surface area (Å²) in [5.41, 5.74) is -0.759. The van der Waals surface area contributed by atoms with Crippen molar-refractivity contribution in [3.05, 3.63) is 68.7 Å². The molecule has 0 radical (unpaired) electrons. The van der Waals surface area contributed by atoms with Crippen molar-refractivity contribution < 1.29 is 18.5 Å². The minimum Gasteiger partial charge on any atom is -0.322 e. The van der Waals surface area contributed by atoms with Crippen LogP contribution in [0.25, 0.3) is 0 Å². The molecule has 2 rings (SSSR count). The van der Waals surface area contributed by atoms with Crippen molar-refractivity contribution in [3.8, 4) is 0 Å². The number of nitro benzene ring substituents is 1. The van der Waals surface area contributed by atoms with Crippen LogP contribution in [0.5, 0.6) is 0 Å². The normalized spacial score (nSPS) is 10.2. The second kappa shape index (κ2) is 5.84. The quantitative estimate of drug-likeness (QED) is 0.692. The van der Waals surface area contributed by atoms with Crippen LogP contribution in [0.1, 0.15) is 10.4 Å². The maximum Gasteiger partial charge on any atom is 0.282 e. The number of carbonyl (C=O) groups is 1. The molecule has 0 spiro atoms. The van der Waals surface area contributed by atoms with E-state index in [0.717, 1.165) is 30.3 Å². The number of carbonyl (C=O) groups excluding carboxylic acids is 1. The zero-order valence-electron chi connectivity index (χ0n) is 10.3. The highest BCUT2D eigenvalue weighted by Gasteiger charge is 2.20. The van der Waals surface area contributed by atoms with Crippen molar-refractivity contribution >= 4 is 28.9 Å². The Labute approximate surface area is 122 Å². The number of halogens is 3. The molecule has 1 N–H and O–H groups in total. The van der Waals surface area contributed by atoms with Crippen LogP contribution in [-0.2, 0) is 0 Å². The van der Waals surface area contributed by atoms with E-state index in [1.807, 2.05) is 0 Å². The summed E-state index contributed by atoms with van der Waals surface area (Å²) in [6.07, 6.45) is 0. The molecule has 2 aromatic rings. The number of rotatable bonds is 3. The number of hydrogen-bond acceptors (Lipinski definition) is 3. The smallest absolute Gasteiger partial charge is 0.282 e. The fourth-order valence-electron chi connectivity index (χ4n) is 1.62. The first-order valence-corrected chi connectivity index (χ1v) is 5.96. The molecule has 21 heavy (non-hydrogen) atoms. The molecule has 0 fully saturated rings. The summed E-state index contributed by atoms with van der Waals surface area (Å²) in [5.74, 6) is -3.06. The van der Waals surface area contributed by atoms with E-state index in [0.29, 0.717) is 0 Å². The van der Waals surface area contributed by atoms with Crippen LogP contribution in [-0.4, -0.2) is 10.8 Å². The first kappa shape index (κ1) is 14.9. The number of anilines is 1. The maximum absolute atomic E-state index is 13.0. The molecule has 0 heterocycles. The Hall–Kier alpha value is -2.54. The molecule has 0 aliphatic carbocycles. The summed E-state index contributed by atoms with van der Waals surface area (Å²) < 4.78 is 25.8.